The van der Waals surface area contributed by atoms with E-state index in [1.165, 1.54) is 29.5 Å². The average molecular weight is 339 g/mol. The van der Waals surface area contributed by atoms with Crippen molar-refractivity contribution < 1.29 is 4.74 Å². The zero-order valence-electron chi connectivity index (χ0n) is 15.2. The number of rotatable bonds is 7. The lowest BCUT2D eigenvalue weighted by atomic mass is 9.92. The summed E-state index contributed by atoms with van der Waals surface area (Å²) in [5.74, 6) is 0.951. The molecule has 0 unspecified atom stereocenters. The first-order valence-corrected chi connectivity index (χ1v) is 9.14. The average Bonchev–Trinajstić information content (AvgIpc) is 2.68. The number of hydrogen-bond acceptors (Lipinski definition) is 4. The summed E-state index contributed by atoms with van der Waals surface area (Å²) in [5, 5.41) is 10.7. The maximum atomic E-state index is 5.55. The molecule has 2 atom stereocenters. The Balaban J connectivity index is 1.71. The molecule has 25 heavy (non-hydrogen) atoms. The first-order chi connectivity index (χ1) is 12.3. The first-order valence-electron chi connectivity index (χ1n) is 9.14. The van der Waals surface area contributed by atoms with Gasteiger partial charge in [-0.3, -0.25) is 0 Å². The van der Waals surface area contributed by atoms with Crippen molar-refractivity contribution in [2.45, 2.75) is 38.0 Å². The van der Waals surface area contributed by atoms with E-state index in [2.05, 4.69) is 64.5 Å². The van der Waals surface area contributed by atoms with Crippen molar-refractivity contribution in [2.24, 2.45) is 0 Å². The van der Waals surface area contributed by atoms with Gasteiger partial charge in [0.1, 0.15) is 5.75 Å². The van der Waals surface area contributed by atoms with Crippen LogP contribution in [0.5, 0.6) is 5.75 Å². The molecule has 1 heterocycles. The second-order valence-electron chi connectivity index (χ2n) is 6.65. The Bertz CT molecular complexity index is 659. The number of benzene rings is 2. The van der Waals surface area contributed by atoms with Crippen LogP contribution in [-0.4, -0.2) is 26.7 Å². The Morgan fingerprint density at radius 3 is 2.72 bits per heavy atom. The van der Waals surface area contributed by atoms with Crippen molar-refractivity contribution >= 4 is 0 Å². The highest BCUT2D eigenvalue weighted by Gasteiger charge is 2.25. The predicted molar refractivity (Wildman–Crippen MR) is 103 cm³/mol. The molecule has 1 aliphatic heterocycles. The van der Waals surface area contributed by atoms with E-state index in [1.54, 1.807) is 7.11 Å². The Labute approximate surface area is 151 Å². The molecule has 2 aromatic rings. The quantitative estimate of drug-likeness (QED) is 0.726. The van der Waals surface area contributed by atoms with Gasteiger partial charge >= 0.3 is 0 Å². The third kappa shape index (κ3) is 4.60. The van der Waals surface area contributed by atoms with Crippen LogP contribution in [0.4, 0.5) is 0 Å². The molecule has 0 spiro atoms. The van der Waals surface area contributed by atoms with Gasteiger partial charge in [0.15, 0.2) is 0 Å². The fourth-order valence-electron chi connectivity index (χ4n) is 3.64. The van der Waals surface area contributed by atoms with Crippen molar-refractivity contribution in [1.29, 1.82) is 0 Å². The number of methoxy groups -OCH3 is 1. The SMILES string of the molecule is CNCc1ccc(OC)c(CN[C@H]2CCCN[C@H]2c2ccccc2)c1. The molecule has 1 aliphatic rings. The van der Waals surface area contributed by atoms with Crippen molar-refractivity contribution in [3.05, 3.63) is 65.2 Å². The fourth-order valence-corrected chi connectivity index (χ4v) is 3.64. The van der Waals surface area contributed by atoms with E-state index in [1.807, 2.05) is 7.05 Å². The van der Waals surface area contributed by atoms with Crippen LogP contribution in [0.2, 0.25) is 0 Å². The van der Waals surface area contributed by atoms with Crippen LogP contribution >= 0.6 is 0 Å². The Hall–Kier alpha value is -1.88. The van der Waals surface area contributed by atoms with Crippen LogP contribution in [0.25, 0.3) is 0 Å². The summed E-state index contributed by atoms with van der Waals surface area (Å²) < 4.78 is 5.55. The molecule has 0 bridgehead atoms. The number of nitrogens with one attached hydrogen (secondary N) is 3. The third-order valence-corrected chi connectivity index (χ3v) is 4.90. The lowest BCUT2D eigenvalue weighted by Gasteiger charge is -2.34. The minimum absolute atomic E-state index is 0.362. The molecule has 0 amide bonds. The molecule has 4 nitrogen and oxygen atoms in total. The molecule has 0 aliphatic carbocycles. The van der Waals surface area contributed by atoms with Crippen LogP contribution < -0.4 is 20.7 Å². The number of ether oxygens (including phenoxy) is 1. The van der Waals surface area contributed by atoms with Gasteiger partial charge in [0.2, 0.25) is 0 Å². The van der Waals surface area contributed by atoms with Gasteiger partial charge in [-0.25, -0.2) is 0 Å². The van der Waals surface area contributed by atoms with Gasteiger partial charge in [0.25, 0.3) is 0 Å². The topological polar surface area (TPSA) is 45.3 Å². The molecule has 1 saturated heterocycles. The van der Waals surface area contributed by atoms with Crippen LogP contribution in [0.1, 0.15) is 35.6 Å². The van der Waals surface area contributed by atoms with E-state index >= 15 is 0 Å². The van der Waals surface area contributed by atoms with E-state index in [-0.39, 0.29) is 0 Å². The van der Waals surface area contributed by atoms with Crippen LogP contribution in [-0.2, 0) is 13.1 Å². The molecule has 0 radical (unpaired) electrons. The summed E-state index contributed by atoms with van der Waals surface area (Å²) in [7, 11) is 3.71. The normalized spacial score (nSPS) is 20.4. The summed E-state index contributed by atoms with van der Waals surface area (Å²) in [5.41, 5.74) is 3.85. The highest BCUT2D eigenvalue weighted by atomic mass is 16.5. The van der Waals surface area contributed by atoms with Crippen LogP contribution in [0, 0.1) is 0 Å². The molecule has 4 heteroatoms. The van der Waals surface area contributed by atoms with Crippen molar-refractivity contribution in [3.63, 3.8) is 0 Å². The maximum absolute atomic E-state index is 5.55. The Morgan fingerprint density at radius 2 is 1.96 bits per heavy atom. The van der Waals surface area contributed by atoms with E-state index < -0.39 is 0 Å². The zero-order chi connectivity index (χ0) is 17.5. The predicted octanol–water partition coefficient (Wildman–Crippen LogP) is 3.00. The van der Waals surface area contributed by atoms with Gasteiger partial charge in [-0.1, -0.05) is 36.4 Å². The van der Waals surface area contributed by atoms with Crippen LogP contribution in [0.3, 0.4) is 0 Å². The molecule has 3 rings (SSSR count). The first kappa shape index (κ1) is 17.9. The monoisotopic (exact) mass is 339 g/mol. The summed E-state index contributed by atoms with van der Waals surface area (Å²) in [6.45, 7) is 2.77. The molecule has 134 valence electrons. The molecular formula is C21H29N3O. The lowest BCUT2D eigenvalue weighted by molar-refractivity contribution is 0.303. The highest BCUT2D eigenvalue weighted by molar-refractivity contribution is 5.37. The van der Waals surface area contributed by atoms with Gasteiger partial charge in [0, 0.05) is 30.7 Å². The van der Waals surface area contributed by atoms with Gasteiger partial charge in [-0.15, -0.1) is 0 Å². The highest BCUT2D eigenvalue weighted by Crippen LogP contribution is 2.25. The van der Waals surface area contributed by atoms with Crippen molar-refractivity contribution in [1.82, 2.24) is 16.0 Å². The summed E-state index contributed by atoms with van der Waals surface area (Å²) in [4.78, 5) is 0. The fraction of sp³-hybridized carbons (Fsp3) is 0.429. The van der Waals surface area contributed by atoms with E-state index in [0.29, 0.717) is 12.1 Å². The molecule has 2 aromatic carbocycles. The Morgan fingerprint density at radius 1 is 1.12 bits per heavy atom. The number of hydrogen-bond donors (Lipinski definition) is 3. The van der Waals surface area contributed by atoms with Gasteiger partial charge in [0.05, 0.1) is 7.11 Å². The second kappa shape index (κ2) is 8.99. The standard InChI is InChI=1S/C21H29N3O/c1-22-14-16-10-11-20(25-2)18(13-16)15-24-19-9-6-12-23-21(19)17-7-4-3-5-8-17/h3-5,7-8,10-11,13,19,21-24H,6,9,12,14-15H2,1-2H3/t19-,21-/m0/s1. The van der Waals surface area contributed by atoms with E-state index in [9.17, 15) is 0 Å². The van der Waals surface area contributed by atoms with Crippen molar-refractivity contribution in [3.8, 4) is 5.75 Å². The molecule has 3 N–H and O–H groups in total. The molecule has 0 saturated carbocycles. The van der Waals surface area contributed by atoms with Gasteiger partial charge in [-0.05, 0) is 49.7 Å². The van der Waals surface area contributed by atoms with Gasteiger partial charge in [-0.2, -0.15) is 0 Å². The molecule has 0 aromatic heterocycles. The summed E-state index contributed by atoms with van der Waals surface area (Å²) >= 11 is 0. The molecule has 1 fully saturated rings. The van der Waals surface area contributed by atoms with Gasteiger partial charge < -0.3 is 20.7 Å². The van der Waals surface area contributed by atoms with Crippen molar-refractivity contribution in [2.75, 3.05) is 20.7 Å². The third-order valence-electron chi connectivity index (χ3n) is 4.90. The summed E-state index contributed by atoms with van der Waals surface area (Å²) in [6.07, 6.45) is 2.39. The Kier molecular flexibility index (Phi) is 6.45. The minimum Gasteiger partial charge on any atom is -0.496 e. The largest absolute Gasteiger partial charge is 0.496 e. The van der Waals surface area contributed by atoms with E-state index in [0.717, 1.165) is 25.4 Å². The lowest BCUT2D eigenvalue weighted by Crippen LogP contribution is -2.45. The van der Waals surface area contributed by atoms with Crippen LogP contribution in [0.15, 0.2) is 48.5 Å². The maximum Gasteiger partial charge on any atom is 0.123 e. The van der Waals surface area contributed by atoms with E-state index in [4.69, 9.17) is 4.74 Å². The minimum atomic E-state index is 0.362. The molecular weight excluding hydrogens is 310 g/mol. The summed E-state index contributed by atoms with van der Waals surface area (Å²) in [6, 6.07) is 17.9. The smallest absolute Gasteiger partial charge is 0.123 e. The second-order valence-corrected chi connectivity index (χ2v) is 6.65. The number of piperidine rings is 1. The zero-order valence-corrected chi connectivity index (χ0v) is 15.2.